The van der Waals surface area contributed by atoms with Gasteiger partial charge in [-0.05, 0) is 30.0 Å². The molecule has 7 heteroatoms. The highest BCUT2D eigenvalue weighted by Crippen LogP contribution is 2.28. The van der Waals surface area contributed by atoms with Gasteiger partial charge >= 0.3 is 0 Å². The first kappa shape index (κ1) is 19.1. The number of amides is 1. The molecule has 0 saturated carbocycles. The molecule has 0 spiro atoms. The van der Waals surface area contributed by atoms with Crippen LogP contribution in [0.2, 0.25) is 0 Å². The first-order valence-corrected chi connectivity index (χ1v) is 8.09. The number of rotatable bonds is 2. The molecule has 3 rings (SSSR count). The predicted molar refractivity (Wildman–Crippen MR) is 99.4 cm³/mol. The Hall–Kier alpha value is -2.18. The summed E-state index contributed by atoms with van der Waals surface area (Å²) >= 11 is 0. The maximum Gasteiger partial charge on any atom is 0.274 e. The van der Waals surface area contributed by atoms with Crippen LogP contribution in [-0.4, -0.2) is 39.7 Å². The topological polar surface area (TPSA) is 81.2 Å². The van der Waals surface area contributed by atoms with E-state index in [1.54, 1.807) is 17.0 Å². The molecule has 0 aliphatic carbocycles. The van der Waals surface area contributed by atoms with Crippen molar-refractivity contribution in [2.24, 2.45) is 11.1 Å². The number of para-hydroxylation sites is 1. The van der Waals surface area contributed by atoms with E-state index in [4.69, 9.17) is 5.73 Å². The summed E-state index contributed by atoms with van der Waals surface area (Å²) in [5.41, 5.74) is 6.64. The first-order valence-electron chi connectivity index (χ1n) is 8.09. The fraction of sp³-hybridized carbons (Fsp3) is 0.389. The Kier molecular flexibility index (Phi) is 5.65. The number of carbonyl (C=O) groups is 1. The second kappa shape index (κ2) is 7.37. The van der Waals surface area contributed by atoms with E-state index in [0.29, 0.717) is 18.8 Å². The summed E-state index contributed by atoms with van der Waals surface area (Å²) in [4.78, 5) is 26.6. The summed E-state index contributed by atoms with van der Waals surface area (Å²) in [6, 6.07) is 12.0. The van der Waals surface area contributed by atoms with Crippen molar-refractivity contribution in [3.8, 4) is 5.69 Å². The normalized spacial score (nSPS) is 19.2. The van der Waals surface area contributed by atoms with Crippen LogP contribution in [0.1, 0.15) is 30.8 Å². The maximum absolute atomic E-state index is 12.8. The molecule has 2 N–H and O–H groups in total. The molecular formula is C18H23ClN4O2. The zero-order valence-electron chi connectivity index (χ0n) is 14.4. The van der Waals surface area contributed by atoms with Crippen molar-refractivity contribution in [3.63, 3.8) is 0 Å². The standard InChI is InChI=1S/C18H22N4O2.ClH/c1-18(2)12-21(11-10-15(18)19)17(24)14-8-9-16(23)22(20-14)13-6-4-3-5-7-13;/h3-9,15H,10-12,19H2,1-2H3;1H. The van der Waals surface area contributed by atoms with E-state index in [9.17, 15) is 9.59 Å². The average Bonchev–Trinajstić information content (AvgIpc) is 2.58. The van der Waals surface area contributed by atoms with Crippen molar-refractivity contribution < 1.29 is 4.79 Å². The van der Waals surface area contributed by atoms with Crippen LogP contribution >= 0.6 is 12.4 Å². The Labute approximate surface area is 153 Å². The highest BCUT2D eigenvalue weighted by Gasteiger charge is 2.36. The molecular weight excluding hydrogens is 340 g/mol. The van der Waals surface area contributed by atoms with Crippen molar-refractivity contribution in [1.29, 1.82) is 0 Å². The highest BCUT2D eigenvalue weighted by molar-refractivity contribution is 5.92. The number of carbonyl (C=O) groups excluding carboxylic acids is 1. The molecule has 25 heavy (non-hydrogen) atoms. The quantitative estimate of drug-likeness (QED) is 0.884. The zero-order chi connectivity index (χ0) is 17.3. The molecule has 1 amide bonds. The van der Waals surface area contributed by atoms with E-state index in [1.165, 1.54) is 16.8 Å². The molecule has 1 saturated heterocycles. The van der Waals surface area contributed by atoms with Crippen molar-refractivity contribution >= 4 is 18.3 Å². The molecule has 1 aliphatic rings. The van der Waals surface area contributed by atoms with Crippen LogP contribution in [0.3, 0.4) is 0 Å². The molecule has 1 atom stereocenters. The molecule has 1 fully saturated rings. The maximum atomic E-state index is 12.8. The molecule has 2 aromatic rings. The van der Waals surface area contributed by atoms with E-state index in [2.05, 4.69) is 18.9 Å². The fourth-order valence-corrected chi connectivity index (χ4v) is 2.99. The molecule has 1 aromatic heterocycles. The summed E-state index contributed by atoms with van der Waals surface area (Å²) in [7, 11) is 0. The van der Waals surface area contributed by atoms with E-state index >= 15 is 0 Å². The van der Waals surface area contributed by atoms with E-state index < -0.39 is 0 Å². The zero-order valence-corrected chi connectivity index (χ0v) is 15.2. The fourth-order valence-electron chi connectivity index (χ4n) is 2.99. The summed E-state index contributed by atoms with van der Waals surface area (Å²) in [5.74, 6) is -0.167. The van der Waals surface area contributed by atoms with Crippen molar-refractivity contribution in [1.82, 2.24) is 14.7 Å². The number of benzene rings is 1. The lowest BCUT2D eigenvalue weighted by molar-refractivity contribution is 0.0525. The minimum absolute atomic E-state index is 0. The van der Waals surface area contributed by atoms with E-state index in [-0.39, 0.29) is 41.0 Å². The van der Waals surface area contributed by atoms with Gasteiger partial charge in [-0.3, -0.25) is 9.59 Å². The van der Waals surface area contributed by atoms with Gasteiger partial charge in [0.1, 0.15) is 5.69 Å². The van der Waals surface area contributed by atoms with Gasteiger partial charge < -0.3 is 10.6 Å². The van der Waals surface area contributed by atoms with Crippen molar-refractivity contribution in [2.75, 3.05) is 13.1 Å². The lowest BCUT2D eigenvalue weighted by Gasteiger charge is -2.42. The van der Waals surface area contributed by atoms with Gasteiger partial charge in [-0.25, -0.2) is 0 Å². The second-order valence-corrected chi connectivity index (χ2v) is 6.91. The van der Waals surface area contributed by atoms with Crippen molar-refractivity contribution in [2.45, 2.75) is 26.3 Å². The highest BCUT2D eigenvalue weighted by atomic mass is 35.5. The Balaban J connectivity index is 0.00000225. The number of piperidine rings is 1. The van der Waals surface area contributed by atoms with Crippen LogP contribution in [0.4, 0.5) is 0 Å². The minimum atomic E-state index is -0.265. The SMILES string of the molecule is CC1(C)CN(C(=O)c2ccc(=O)n(-c3ccccc3)n2)CCC1N.Cl. The Bertz CT molecular complexity index is 804. The van der Waals surface area contributed by atoms with Crippen LogP contribution in [0.15, 0.2) is 47.3 Å². The molecule has 1 aliphatic heterocycles. The van der Waals surface area contributed by atoms with Crippen LogP contribution in [-0.2, 0) is 0 Å². The summed E-state index contributed by atoms with van der Waals surface area (Å²) in [5, 5.41) is 4.27. The molecule has 0 radical (unpaired) electrons. The van der Waals surface area contributed by atoms with Gasteiger partial charge in [0.2, 0.25) is 0 Å². The van der Waals surface area contributed by atoms with Gasteiger partial charge in [0.25, 0.3) is 11.5 Å². The third-order valence-corrected chi connectivity index (χ3v) is 4.62. The number of aromatic nitrogens is 2. The van der Waals surface area contributed by atoms with Gasteiger partial charge in [-0.15, -0.1) is 12.4 Å². The minimum Gasteiger partial charge on any atom is -0.337 e. The predicted octanol–water partition coefficient (Wildman–Crippen LogP) is 1.85. The van der Waals surface area contributed by atoms with Gasteiger partial charge in [0, 0.05) is 25.2 Å². The lowest BCUT2D eigenvalue weighted by atomic mass is 9.79. The lowest BCUT2D eigenvalue weighted by Crippen LogP contribution is -2.54. The van der Waals surface area contributed by atoms with Gasteiger partial charge in [-0.1, -0.05) is 32.0 Å². The van der Waals surface area contributed by atoms with E-state index in [0.717, 1.165) is 6.42 Å². The molecule has 1 aromatic carbocycles. The first-order chi connectivity index (χ1) is 11.4. The van der Waals surface area contributed by atoms with Crippen LogP contribution < -0.4 is 11.3 Å². The van der Waals surface area contributed by atoms with E-state index in [1.807, 2.05) is 18.2 Å². The number of hydrogen-bond acceptors (Lipinski definition) is 4. The molecule has 6 nitrogen and oxygen atoms in total. The smallest absolute Gasteiger partial charge is 0.274 e. The number of hydrogen-bond donors (Lipinski definition) is 1. The summed E-state index contributed by atoms with van der Waals surface area (Å²) < 4.78 is 1.26. The number of nitrogens with two attached hydrogens (primary N) is 1. The van der Waals surface area contributed by atoms with Crippen molar-refractivity contribution in [3.05, 3.63) is 58.5 Å². The van der Waals surface area contributed by atoms with Crippen LogP contribution in [0.25, 0.3) is 5.69 Å². The van der Waals surface area contributed by atoms with Gasteiger partial charge in [0.15, 0.2) is 0 Å². The number of nitrogens with zero attached hydrogens (tertiary/aromatic N) is 3. The Morgan fingerprint density at radius 2 is 1.88 bits per heavy atom. The molecule has 2 heterocycles. The third kappa shape index (κ3) is 3.91. The van der Waals surface area contributed by atoms with Gasteiger partial charge in [-0.2, -0.15) is 9.78 Å². The molecule has 0 bridgehead atoms. The molecule has 1 unspecified atom stereocenters. The van der Waals surface area contributed by atoms with Gasteiger partial charge in [0.05, 0.1) is 5.69 Å². The summed E-state index contributed by atoms with van der Waals surface area (Å²) in [6.45, 7) is 5.32. The average molecular weight is 363 g/mol. The van der Waals surface area contributed by atoms with Crippen LogP contribution in [0, 0.1) is 5.41 Å². The third-order valence-electron chi connectivity index (χ3n) is 4.62. The monoisotopic (exact) mass is 362 g/mol. The number of likely N-dealkylation sites (tertiary alicyclic amines) is 1. The molecule has 134 valence electrons. The largest absolute Gasteiger partial charge is 0.337 e. The second-order valence-electron chi connectivity index (χ2n) is 6.91. The Morgan fingerprint density at radius 3 is 2.52 bits per heavy atom. The Morgan fingerprint density at radius 1 is 1.20 bits per heavy atom. The summed E-state index contributed by atoms with van der Waals surface area (Å²) in [6.07, 6.45) is 0.761. The van der Waals surface area contributed by atoms with Crippen LogP contribution in [0.5, 0.6) is 0 Å². The number of halogens is 1.